The zero-order valence-electron chi connectivity index (χ0n) is 10.1. The summed E-state index contributed by atoms with van der Waals surface area (Å²) < 4.78 is 25.4. The van der Waals surface area contributed by atoms with Crippen molar-refractivity contribution < 1.29 is 18.3 Å². The van der Waals surface area contributed by atoms with Gasteiger partial charge in [-0.3, -0.25) is 14.1 Å². The van der Waals surface area contributed by atoms with Crippen molar-refractivity contribution in [2.45, 2.75) is 19.8 Å². The second-order valence-electron chi connectivity index (χ2n) is 3.68. The molecule has 0 spiro atoms. The standard InChI is InChI=1S/C11H16N2O4S/c1-2-13(10-5-7-12-8-6-10)18(16,17)9-3-4-11(14)15/h5-8H,2-4,9H2,1H3,(H,14,15). The van der Waals surface area contributed by atoms with E-state index < -0.39 is 16.0 Å². The quantitative estimate of drug-likeness (QED) is 0.803. The molecule has 0 aromatic carbocycles. The van der Waals surface area contributed by atoms with Crippen molar-refractivity contribution in [1.82, 2.24) is 4.98 Å². The van der Waals surface area contributed by atoms with Gasteiger partial charge in [-0.25, -0.2) is 8.42 Å². The molecule has 0 atom stereocenters. The van der Waals surface area contributed by atoms with Crippen molar-refractivity contribution in [1.29, 1.82) is 0 Å². The van der Waals surface area contributed by atoms with Gasteiger partial charge in [0.15, 0.2) is 0 Å². The van der Waals surface area contributed by atoms with E-state index in [-0.39, 0.29) is 18.6 Å². The second kappa shape index (κ2) is 6.34. The summed E-state index contributed by atoms with van der Waals surface area (Å²) in [6.07, 6.45) is 3.00. The zero-order valence-corrected chi connectivity index (χ0v) is 10.9. The molecule has 1 aromatic rings. The minimum absolute atomic E-state index is 0.110. The van der Waals surface area contributed by atoms with Crippen LogP contribution >= 0.6 is 0 Å². The number of anilines is 1. The van der Waals surface area contributed by atoms with Crippen LogP contribution in [-0.4, -0.2) is 36.8 Å². The molecule has 7 heteroatoms. The van der Waals surface area contributed by atoms with Gasteiger partial charge in [0.05, 0.1) is 11.4 Å². The van der Waals surface area contributed by atoms with E-state index in [1.165, 1.54) is 16.7 Å². The third-order valence-corrected chi connectivity index (χ3v) is 4.31. The summed E-state index contributed by atoms with van der Waals surface area (Å²) in [4.78, 5) is 14.2. The third kappa shape index (κ3) is 3.99. The minimum Gasteiger partial charge on any atom is -0.481 e. The van der Waals surface area contributed by atoms with E-state index >= 15 is 0 Å². The van der Waals surface area contributed by atoms with Crippen molar-refractivity contribution >= 4 is 21.7 Å². The first-order valence-electron chi connectivity index (χ1n) is 5.59. The predicted molar refractivity (Wildman–Crippen MR) is 67.9 cm³/mol. The van der Waals surface area contributed by atoms with Crippen LogP contribution in [0.25, 0.3) is 0 Å². The molecule has 0 saturated heterocycles. The van der Waals surface area contributed by atoms with Crippen LogP contribution in [-0.2, 0) is 14.8 Å². The summed E-state index contributed by atoms with van der Waals surface area (Å²) in [6.45, 7) is 2.04. The van der Waals surface area contributed by atoms with E-state index in [4.69, 9.17) is 5.11 Å². The molecule has 0 amide bonds. The highest BCUT2D eigenvalue weighted by atomic mass is 32.2. The molecular weight excluding hydrogens is 256 g/mol. The normalized spacial score (nSPS) is 11.2. The summed E-state index contributed by atoms with van der Waals surface area (Å²) in [5.41, 5.74) is 0.544. The Labute approximate surface area is 106 Å². The van der Waals surface area contributed by atoms with Crippen molar-refractivity contribution in [3.05, 3.63) is 24.5 Å². The first kappa shape index (κ1) is 14.4. The monoisotopic (exact) mass is 272 g/mol. The minimum atomic E-state index is -3.48. The first-order valence-corrected chi connectivity index (χ1v) is 7.20. The Morgan fingerprint density at radius 1 is 1.39 bits per heavy atom. The highest BCUT2D eigenvalue weighted by Crippen LogP contribution is 2.17. The molecule has 1 N–H and O–H groups in total. The Balaban J connectivity index is 2.78. The van der Waals surface area contributed by atoms with Crippen molar-refractivity contribution in [2.75, 3.05) is 16.6 Å². The Kier molecular flexibility index (Phi) is 5.08. The van der Waals surface area contributed by atoms with E-state index in [1.807, 2.05) is 0 Å². The number of aliphatic carboxylic acids is 1. The van der Waals surface area contributed by atoms with Crippen LogP contribution in [0.5, 0.6) is 0 Å². The van der Waals surface area contributed by atoms with Crippen molar-refractivity contribution in [3.63, 3.8) is 0 Å². The maximum Gasteiger partial charge on any atom is 0.303 e. The van der Waals surface area contributed by atoms with Crippen LogP contribution in [0, 0.1) is 0 Å². The average molecular weight is 272 g/mol. The number of rotatable bonds is 7. The molecule has 0 aliphatic heterocycles. The number of pyridine rings is 1. The number of carboxylic acid groups (broad SMARTS) is 1. The molecule has 0 bridgehead atoms. The number of aromatic nitrogens is 1. The van der Waals surface area contributed by atoms with E-state index in [1.54, 1.807) is 19.1 Å². The molecule has 1 rings (SSSR count). The Hall–Kier alpha value is -1.63. The summed E-state index contributed by atoms with van der Waals surface area (Å²) in [5.74, 6) is -1.16. The van der Waals surface area contributed by atoms with E-state index in [0.717, 1.165) is 0 Å². The van der Waals surface area contributed by atoms with E-state index in [2.05, 4.69) is 4.98 Å². The van der Waals surface area contributed by atoms with Gasteiger partial charge in [-0.05, 0) is 25.5 Å². The Bertz CT molecular complexity index is 487. The fraction of sp³-hybridized carbons (Fsp3) is 0.455. The summed E-state index contributed by atoms with van der Waals surface area (Å²) in [6, 6.07) is 3.22. The summed E-state index contributed by atoms with van der Waals surface area (Å²) in [7, 11) is -3.48. The summed E-state index contributed by atoms with van der Waals surface area (Å²) in [5, 5.41) is 8.51. The predicted octanol–water partition coefficient (Wildman–Crippen LogP) is 1.10. The zero-order chi connectivity index (χ0) is 13.6. The van der Waals surface area contributed by atoms with Gasteiger partial charge < -0.3 is 5.11 Å². The van der Waals surface area contributed by atoms with Gasteiger partial charge in [-0.1, -0.05) is 0 Å². The smallest absolute Gasteiger partial charge is 0.303 e. The third-order valence-electron chi connectivity index (χ3n) is 2.37. The molecule has 0 unspecified atom stereocenters. The molecule has 1 heterocycles. The number of sulfonamides is 1. The van der Waals surface area contributed by atoms with Gasteiger partial charge >= 0.3 is 5.97 Å². The molecule has 0 fully saturated rings. The molecule has 0 saturated carbocycles. The lowest BCUT2D eigenvalue weighted by Gasteiger charge is -2.22. The lowest BCUT2D eigenvalue weighted by Crippen LogP contribution is -2.33. The maximum atomic E-state index is 12.1. The van der Waals surface area contributed by atoms with Gasteiger partial charge in [0.1, 0.15) is 0 Å². The summed E-state index contributed by atoms with van der Waals surface area (Å²) >= 11 is 0. The van der Waals surface area contributed by atoms with Gasteiger partial charge in [0, 0.05) is 25.4 Å². The number of carbonyl (C=O) groups is 1. The molecule has 100 valence electrons. The second-order valence-corrected chi connectivity index (χ2v) is 5.70. The highest BCUT2D eigenvalue weighted by Gasteiger charge is 2.20. The molecular formula is C11H16N2O4S. The average Bonchev–Trinajstić information content (AvgIpc) is 2.30. The first-order chi connectivity index (χ1) is 8.47. The number of hydrogen-bond donors (Lipinski definition) is 1. The Morgan fingerprint density at radius 3 is 2.50 bits per heavy atom. The number of nitrogens with zero attached hydrogens (tertiary/aromatic N) is 2. The highest BCUT2D eigenvalue weighted by molar-refractivity contribution is 7.92. The fourth-order valence-electron chi connectivity index (χ4n) is 1.57. The van der Waals surface area contributed by atoms with E-state index in [9.17, 15) is 13.2 Å². The Morgan fingerprint density at radius 2 is 2.00 bits per heavy atom. The topological polar surface area (TPSA) is 87.6 Å². The lowest BCUT2D eigenvalue weighted by molar-refractivity contribution is -0.137. The number of carboxylic acids is 1. The molecule has 0 radical (unpaired) electrons. The van der Waals surface area contributed by atoms with Gasteiger partial charge in [-0.15, -0.1) is 0 Å². The van der Waals surface area contributed by atoms with Crippen molar-refractivity contribution in [2.24, 2.45) is 0 Å². The fourth-order valence-corrected chi connectivity index (χ4v) is 3.13. The van der Waals surface area contributed by atoms with Gasteiger partial charge in [0.25, 0.3) is 0 Å². The molecule has 6 nitrogen and oxygen atoms in total. The van der Waals surface area contributed by atoms with Gasteiger partial charge in [-0.2, -0.15) is 0 Å². The van der Waals surface area contributed by atoms with Crippen LogP contribution in [0.15, 0.2) is 24.5 Å². The molecule has 1 aromatic heterocycles. The lowest BCUT2D eigenvalue weighted by atomic mass is 10.3. The van der Waals surface area contributed by atoms with Crippen molar-refractivity contribution in [3.8, 4) is 0 Å². The largest absolute Gasteiger partial charge is 0.481 e. The molecule has 0 aliphatic rings. The van der Waals surface area contributed by atoms with Crippen LogP contribution in [0.3, 0.4) is 0 Å². The molecule has 18 heavy (non-hydrogen) atoms. The number of hydrogen-bond acceptors (Lipinski definition) is 4. The SMILES string of the molecule is CCN(c1ccncc1)S(=O)(=O)CCCC(=O)O. The van der Waals surface area contributed by atoms with Crippen LogP contribution in [0.1, 0.15) is 19.8 Å². The maximum absolute atomic E-state index is 12.1. The van der Waals surface area contributed by atoms with E-state index in [0.29, 0.717) is 12.2 Å². The molecule has 0 aliphatic carbocycles. The van der Waals surface area contributed by atoms with Crippen LogP contribution in [0.2, 0.25) is 0 Å². The van der Waals surface area contributed by atoms with Gasteiger partial charge in [0.2, 0.25) is 10.0 Å². The van der Waals surface area contributed by atoms with Crippen LogP contribution < -0.4 is 4.31 Å². The van der Waals surface area contributed by atoms with Crippen LogP contribution in [0.4, 0.5) is 5.69 Å².